The van der Waals surface area contributed by atoms with Crippen LogP contribution in [0.2, 0.25) is 0 Å². The lowest BCUT2D eigenvalue weighted by Gasteiger charge is -2.31. The SMILES string of the molecule is COCCOCC1CCN(C(=O)Nc2cccc(C)c2)CC1. The second kappa shape index (κ2) is 8.76. The summed E-state index contributed by atoms with van der Waals surface area (Å²) in [4.78, 5) is 14.1. The molecule has 5 heteroatoms. The van der Waals surface area contributed by atoms with Gasteiger partial charge in [0.25, 0.3) is 0 Å². The average molecular weight is 306 g/mol. The summed E-state index contributed by atoms with van der Waals surface area (Å²) in [6.45, 7) is 5.63. The van der Waals surface area contributed by atoms with Crippen LogP contribution in [-0.4, -0.2) is 51.0 Å². The van der Waals surface area contributed by atoms with Gasteiger partial charge in [-0.05, 0) is 43.4 Å². The van der Waals surface area contributed by atoms with E-state index in [1.807, 2.05) is 36.1 Å². The number of rotatable bonds is 6. The Morgan fingerprint density at radius 2 is 2.09 bits per heavy atom. The molecule has 2 amide bonds. The van der Waals surface area contributed by atoms with Crippen molar-refractivity contribution in [2.24, 2.45) is 5.92 Å². The monoisotopic (exact) mass is 306 g/mol. The van der Waals surface area contributed by atoms with E-state index in [4.69, 9.17) is 9.47 Å². The van der Waals surface area contributed by atoms with Gasteiger partial charge >= 0.3 is 6.03 Å². The molecule has 0 unspecified atom stereocenters. The highest BCUT2D eigenvalue weighted by atomic mass is 16.5. The Hall–Kier alpha value is -1.59. The van der Waals surface area contributed by atoms with Crippen LogP contribution in [0.4, 0.5) is 10.5 Å². The third-order valence-electron chi connectivity index (χ3n) is 3.96. The number of hydrogen-bond donors (Lipinski definition) is 1. The third-order valence-corrected chi connectivity index (χ3v) is 3.96. The smallest absolute Gasteiger partial charge is 0.321 e. The van der Waals surface area contributed by atoms with Crippen LogP contribution in [-0.2, 0) is 9.47 Å². The zero-order valence-electron chi connectivity index (χ0n) is 13.5. The van der Waals surface area contributed by atoms with Gasteiger partial charge in [0, 0.05) is 32.5 Å². The van der Waals surface area contributed by atoms with Crippen LogP contribution >= 0.6 is 0 Å². The van der Waals surface area contributed by atoms with Crippen LogP contribution in [0.5, 0.6) is 0 Å². The number of methoxy groups -OCH3 is 1. The Bertz CT molecular complexity index is 471. The van der Waals surface area contributed by atoms with Crippen molar-refractivity contribution in [3.8, 4) is 0 Å². The first-order valence-electron chi connectivity index (χ1n) is 7.88. The van der Waals surface area contributed by atoms with Crippen molar-refractivity contribution in [1.29, 1.82) is 0 Å². The second-order valence-electron chi connectivity index (χ2n) is 5.80. The topological polar surface area (TPSA) is 50.8 Å². The summed E-state index contributed by atoms with van der Waals surface area (Å²) in [5, 5.41) is 2.97. The number of aryl methyl sites for hydroxylation is 1. The molecule has 1 saturated heterocycles. The number of benzene rings is 1. The fourth-order valence-electron chi connectivity index (χ4n) is 2.62. The first kappa shape index (κ1) is 16.8. The molecule has 22 heavy (non-hydrogen) atoms. The van der Waals surface area contributed by atoms with Crippen LogP contribution < -0.4 is 5.32 Å². The van der Waals surface area contributed by atoms with Gasteiger partial charge in [0.05, 0.1) is 13.2 Å². The number of piperidine rings is 1. The number of hydrogen-bond acceptors (Lipinski definition) is 3. The third kappa shape index (κ3) is 5.31. The van der Waals surface area contributed by atoms with E-state index in [2.05, 4.69) is 5.32 Å². The molecule has 5 nitrogen and oxygen atoms in total. The summed E-state index contributed by atoms with van der Waals surface area (Å²) in [6.07, 6.45) is 1.99. The lowest BCUT2D eigenvalue weighted by atomic mass is 9.98. The molecule has 1 N–H and O–H groups in total. The van der Waals surface area contributed by atoms with Crippen molar-refractivity contribution < 1.29 is 14.3 Å². The Kier molecular flexibility index (Phi) is 6.68. The minimum Gasteiger partial charge on any atom is -0.382 e. The molecule has 0 spiro atoms. The van der Waals surface area contributed by atoms with Gasteiger partial charge in [0.1, 0.15) is 0 Å². The molecule has 0 radical (unpaired) electrons. The molecule has 0 saturated carbocycles. The van der Waals surface area contributed by atoms with Gasteiger partial charge in [-0.25, -0.2) is 4.79 Å². The number of nitrogens with one attached hydrogen (secondary N) is 1. The van der Waals surface area contributed by atoms with Crippen molar-refractivity contribution in [3.63, 3.8) is 0 Å². The summed E-state index contributed by atoms with van der Waals surface area (Å²) in [6, 6.07) is 7.86. The van der Waals surface area contributed by atoms with E-state index in [9.17, 15) is 4.79 Å². The maximum Gasteiger partial charge on any atom is 0.321 e. The number of carbonyl (C=O) groups is 1. The lowest BCUT2D eigenvalue weighted by Crippen LogP contribution is -2.41. The Morgan fingerprint density at radius 3 is 2.77 bits per heavy atom. The maximum atomic E-state index is 12.3. The molecule has 0 aliphatic carbocycles. The molecule has 0 atom stereocenters. The fourth-order valence-corrected chi connectivity index (χ4v) is 2.62. The molecule has 1 aliphatic heterocycles. The van der Waals surface area contributed by atoms with E-state index in [0.717, 1.165) is 43.8 Å². The first-order chi connectivity index (χ1) is 10.7. The number of nitrogens with zero attached hydrogens (tertiary/aromatic N) is 1. The van der Waals surface area contributed by atoms with Gasteiger partial charge in [-0.15, -0.1) is 0 Å². The molecule has 1 aliphatic rings. The summed E-state index contributed by atoms with van der Waals surface area (Å²) >= 11 is 0. The van der Waals surface area contributed by atoms with Crippen molar-refractivity contribution >= 4 is 11.7 Å². The van der Waals surface area contributed by atoms with Crippen LogP contribution in [0, 0.1) is 12.8 Å². The summed E-state index contributed by atoms with van der Waals surface area (Å²) < 4.78 is 10.5. The number of carbonyl (C=O) groups excluding carboxylic acids is 1. The molecular formula is C17H26N2O3. The van der Waals surface area contributed by atoms with Crippen LogP contribution in [0.25, 0.3) is 0 Å². The largest absolute Gasteiger partial charge is 0.382 e. The van der Waals surface area contributed by atoms with E-state index in [-0.39, 0.29) is 6.03 Å². The average Bonchev–Trinajstić information content (AvgIpc) is 2.52. The van der Waals surface area contributed by atoms with E-state index in [1.165, 1.54) is 0 Å². The van der Waals surface area contributed by atoms with Gasteiger partial charge < -0.3 is 19.7 Å². The van der Waals surface area contributed by atoms with Gasteiger partial charge in [0.15, 0.2) is 0 Å². The molecule has 1 aromatic rings. The van der Waals surface area contributed by atoms with E-state index < -0.39 is 0 Å². The molecule has 2 rings (SSSR count). The number of anilines is 1. The molecule has 0 aromatic heterocycles. The Balaban J connectivity index is 1.71. The van der Waals surface area contributed by atoms with Crippen LogP contribution in [0.15, 0.2) is 24.3 Å². The maximum absolute atomic E-state index is 12.3. The van der Waals surface area contributed by atoms with Crippen molar-refractivity contribution in [3.05, 3.63) is 29.8 Å². The predicted octanol–water partition coefficient (Wildman–Crippen LogP) is 2.90. The van der Waals surface area contributed by atoms with Crippen molar-refractivity contribution in [2.45, 2.75) is 19.8 Å². The van der Waals surface area contributed by atoms with Gasteiger partial charge in [-0.1, -0.05) is 12.1 Å². The number of likely N-dealkylation sites (tertiary alicyclic amines) is 1. The van der Waals surface area contributed by atoms with E-state index >= 15 is 0 Å². The number of urea groups is 1. The highest BCUT2D eigenvalue weighted by molar-refractivity contribution is 5.89. The highest BCUT2D eigenvalue weighted by Crippen LogP contribution is 2.19. The molecular weight excluding hydrogens is 280 g/mol. The zero-order valence-corrected chi connectivity index (χ0v) is 13.5. The van der Waals surface area contributed by atoms with Crippen molar-refractivity contribution in [1.82, 2.24) is 4.90 Å². The number of ether oxygens (including phenoxy) is 2. The van der Waals surface area contributed by atoms with Crippen LogP contribution in [0.3, 0.4) is 0 Å². The van der Waals surface area contributed by atoms with Crippen LogP contribution in [0.1, 0.15) is 18.4 Å². The van der Waals surface area contributed by atoms with Gasteiger partial charge in [0.2, 0.25) is 0 Å². The summed E-state index contributed by atoms with van der Waals surface area (Å²) in [7, 11) is 1.68. The Labute approximate surface area is 132 Å². The Morgan fingerprint density at radius 1 is 1.32 bits per heavy atom. The predicted molar refractivity (Wildman–Crippen MR) is 87.2 cm³/mol. The molecule has 122 valence electrons. The highest BCUT2D eigenvalue weighted by Gasteiger charge is 2.22. The molecule has 1 aromatic carbocycles. The summed E-state index contributed by atoms with van der Waals surface area (Å²) in [5.74, 6) is 0.542. The lowest BCUT2D eigenvalue weighted by molar-refractivity contribution is 0.0386. The fraction of sp³-hybridized carbons (Fsp3) is 0.588. The first-order valence-corrected chi connectivity index (χ1v) is 7.88. The standard InChI is InChI=1S/C17H26N2O3/c1-14-4-3-5-16(12-14)18-17(20)19-8-6-15(7-9-19)13-22-11-10-21-2/h3-5,12,15H,6-11,13H2,1-2H3,(H,18,20). The molecule has 1 heterocycles. The quantitative estimate of drug-likeness (QED) is 0.822. The second-order valence-corrected chi connectivity index (χ2v) is 5.80. The van der Waals surface area contributed by atoms with E-state index in [0.29, 0.717) is 19.1 Å². The van der Waals surface area contributed by atoms with Gasteiger partial charge in [-0.3, -0.25) is 0 Å². The van der Waals surface area contributed by atoms with E-state index in [1.54, 1.807) is 7.11 Å². The minimum atomic E-state index is -0.00986. The van der Waals surface area contributed by atoms with Gasteiger partial charge in [-0.2, -0.15) is 0 Å². The van der Waals surface area contributed by atoms with Crippen molar-refractivity contribution in [2.75, 3.05) is 45.3 Å². The normalized spacial score (nSPS) is 15.8. The zero-order chi connectivity index (χ0) is 15.8. The minimum absolute atomic E-state index is 0.00986. The molecule has 0 bridgehead atoms. The molecule has 1 fully saturated rings. The summed E-state index contributed by atoms with van der Waals surface area (Å²) in [5.41, 5.74) is 2.00. The number of amides is 2.